The molecule has 0 radical (unpaired) electrons. The molecule has 0 unspecified atom stereocenters. The number of nitrogens with one attached hydrogen (secondary N) is 2. The fourth-order valence-electron chi connectivity index (χ4n) is 2.17. The number of carbonyl (C=O) groups excluding carboxylic acids is 3. The Hall–Kier alpha value is -3.15. The Balaban J connectivity index is 1.79. The predicted octanol–water partition coefficient (Wildman–Crippen LogP) is 2.20. The summed E-state index contributed by atoms with van der Waals surface area (Å²) in [5.74, 6) is -0.744. The Bertz CT molecular complexity index is 752. The lowest BCUT2D eigenvalue weighted by Gasteiger charge is -2.07. The van der Waals surface area contributed by atoms with Gasteiger partial charge in [-0.1, -0.05) is 12.1 Å². The van der Waals surface area contributed by atoms with Crippen LogP contribution in [0.3, 0.4) is 0 Å². The number of methoxy groups -OCH3 is 1. The molecule has 0 aromatic heterocycles. The molecule has 2 amide bonds. The van der Waals surface area contributed by atoms with E-state index in [0.29, 0.717) is 24.2 Å². The number of amides is 2. The van der Waals surface area contributed by atoms with Gasteiger partial charge in [0, 0.05) is 17.8 Å². The van der Waals surface area contributed by atoms with Gasteiger partial charge in [-0.25, -0.2) is 0 Å². The summed E-state index contributed by atoms with van der Waals surface area (Å²) in [5, 5.41) is 5.07. The van der Waals surface area contributed by atoms with Gasteiger partial charge in [0.1, 0.15) is 5.75 Å². The Labute approximate surface area is 146 Å². The van der Waals surface area contributed by atoms with Crippen LogP contribution in [0.1, 0.15) is 22.8 Å². The van der Waals surface area contributed by atoms with Crippen LogP contribution in [-0.2, 0) is 16.0 Å². The molecule has 0 spiro atoms. The molecule has 0 aliphatic heterocycles. The number of Topliss-reactive ketones (excluding diaryl/α,β-unsaturated/α-hetero) is 1. The maximum absolute atomic E-state index is 11.9. The summed E-state index contributed by atoms with van der Waals surface area (Å²) in [6.07, 6.45) is 0.607. The molecule has 25 heavy (non-hydrogen) atoms. The summed E-state index contributed by atoms with van der Waals surface area (Å²) >= 11 is 0. The van der Waals surface area contributed by atoms with E-state index in [4.69, 9.17) is 4.74 Å². The van der Waals surface area contributed by atoms with Gasteiger partial charge in [0.15, 0.2) is 5.78 Å². The molecule has 6 heteroatoms. The van der Waals surface area contributed by atoms with E-state index in [1.807, 2.05) is 24.3 Å². The molecule has 0 saturated carbocycles. The van der Waals surface area contributed by atoms with Crippen LogP contribution in [0.5, 0.6) is 5.75 Å². The SMILES string of the molecule is COc1ccc(CCNC(=O)C(=O)Nc2ccc(C(C)=O)cc2)cc1. The summed E-state index contributed by atoms with van der Waals surface area (Å²) in [4.78, 5) is 34.9. The van der Waals surface area contributed by atoms with Crippen molar-refractivity contribution in [2.45, 2.75) is 13.3 Å². The number of anilines is 1. The molecule has 0 aliphatic rings. The summed E-state index contributed by atoms with van der Waals surface area (Å²) < 4.78 is 5.08. The zero-order valence-corrected chi connectivity index (χ0v) is 14.2. The van der Waals surface area contributed by atoms with E-state index in [-0.39, 0.29) is 5.78 Å². The lowest BCUT2D eigenvalue weighted by Crippen LogP contribution is -2.36. The van der Waals surface area contributed by atoms with Crippen molar-refractivity contribution in [1.82, 2.24) is 5.32 Å². The Morgan fingerprint density at radius 2 is 1.56 bits per heavy atom. The quantitative estimate of drug-likeness (QED) is 0.624. The van der Waals surface area contributed by atoms with Crippen molar-refractivity contribution < 1.29 is 19.1 Å². The maximum Gasteiger partial charge on any atom is 0.313 e. The van der Waals surface area contributed by atoms with Gasteiger partial charge >= 0.3 is 11.8 Å². The van der Waals surface area contributed by atoms with Crippen LogP contribution in [0.2, 0.25) is 0 Å². The van der Waals surface area contributed by atoms with Crippen LogP contribution in [0.4, 0.5) is 5.69 Å². The van der Waals surface area contributed by atoms with E-state index < -0.39 is 11.8 Å². The fourth-order valence-corrected chi connectivity index (χ4v) is 2.17. The molecular weight excluding hydrogens is 320 g/mol. The average Bonchev–Trinajstić information content (AvgIpc) is 2.62. The highest BCUT2D eigenvalue weighted by atomic mass is 16.5. The van der Waals surface area contributed by atoms with E-state index >= 15 is 0 Å². The molecule has 2 rings (SSSR count). The van der Waals surface area contributed by atoms with E-state index in [0.717, 1.165) is 11.3 Å². The predicted molar refractivity (Wildman–Crippen MR) is 94.8 cm³/mol. The second kappa shape index (κ2) is 8.63. The average molecular weight is 340 g/mol. The van der Waals surface area contributed by atoms with Crippen molar-refractivity contribution in [1.29, 1.82) is 0 Å². The lowest BCUT2D eigenvalue weighted by atomic mass is 10.1. The molecule has 2 aromatic rings. The topological polar surface area (TPSA) is 84.5 Å². The molecule has 0 fully saturated rings. The first kappa shape index (κ1) is 18.2. The second-order valence-electron chi connectivity index (χ2n) is 5.44. The third kappa shape index (κ3) is 5.46. The molecule has 0 saturated heterocycles. The van der Waals surface area contributed by atoms with Crippen molar-refractivity contribution >= 4 is 23.3 Å². The lowest BCUT2D eigenvalue weighted by molar-refractivity contribution is -0.136. The van der Waals surface area contributed by atoms with Crippen LogP contribution in [0.25, 0.3) is 0 Å². The van der Waals surface area contributed by atoms with Gasteiger partial charge < -0.3 is 15.4 Å². The standard InChI is InChI=1S/C19H20N2O4/c1-13(22)15-5-7-16(8-6-15)21-19(24)18(23)20-12-11-14-3-9-17(25-2)10-4-14/h3-10H,11-12H2,1-2H3,(H,20,23)(H,21,24). The third-order valence-corrected chi connectivity index (χ3v) is 3.61. The molecule has 6 nitrogen and oxygen atoms in total. The highest BCUT2D eigenvalue weighted by Crippen LogP contribution is 2.11. The number of rotatable bonds is 6. The van der Waals surface area contributed by atoms with Crippen molar-refractivity contribution in [2.24, 2.45) is 0 Å². The largest absolute Gasteiger partial charge is 0.497 e. The van der Waals surface area contributed by atoms with Crippen LogP contribution in [0, 0.1) is 0 Å². The Kier molecular flexibility index (Phi) is 6.28. The van der Waals surface area contributed by atoms with Gasteiger partial charge in [-0.2, -0.15) is 0 Å². The third-order valence-electron chi connectivity index (χ3n) is 3.61. The number of benzene rings is 2. The molecule has 2 aromatic carbocycles. The molecule has 0 aliphatic carbocycles. The minimum atomic E-state index is -0.745. The summed E-state index contributed by atoms with van der Waals surface area (Å²) in [7, 11) is 1.60. The normalized spacial score (nSPS) is 10.0. The number of hydrogen-bond donors (Lipinski definition) is 2. The zero-order valence-electron chi connectivity index (χ0n) is 14.2. The Morgan fingerprint density at radius 3 is 2.12 bits per heavy atom. The van der Waals surface area contributed by atoms with Crippen molar-refractivity contribution in [3.63, 3.8) is 0 Å². The fraction of sp³-hybridized carbons (Fsp3) is 0.211. The number of carbonyl (C=O) groups is 3. The molecule has 130 valence electrons. The minimum absolute atomic E-state index is 0.0610. The molecule has 0 heterocycles. The first-order valence-electron chi connectivity index (χ1n) is 7.82. The van der Waals surface area contributed by atoms with Gasteiger partial charge in [-0.15, -0.1) is 0 Å². The highest BCUT2D eigenvalue weighted by molar-refractivity contribution is 6.39. The van der Waals surface area contributed by atoms with Crippen LogP contribution < -0.4 is 15.4 Å². The maximum atomic E-state index is 11.9. The zero-order chi connectivity index (χ0) is 18.2. The van der Waals surface area contributed by atoms with Gasteiger partial charge in [-0.3, -0.25) is 14.4 Å². The van der Waals surface area contributed by atoms with Crippen LogP contribution >= 0.6 is 0 Å². The Morgan fingerprint density at radius 1 is 0.920 bits per heavy atom. The summed E-state index contributed by atoms with van der Waals surface area (Å²) in [6.45, 7) is 1.81. The monoisotopic (exact) mass is 340 g/mol. The second-order valence-corrected chi connectivity index (χ2v) is 5.44. The van der Waals surface area contributed by atoms with E-state index in [1.165, 1.54) is 6.92 Å². The van der Waals surface area contributed by atoms with E-state index in [9.17, 15) is 14.4 Å². The van der Waals surface area contributed by atoms with Crippen molar-refractivity contribution in [3.05, 3.63) is 59.7 Å². The molecule has 0 bridgehead atoms. The summed E-state index contributed by atoms with van der Waals surface area (Å²) in [5.41, 5.74) is 2.03. The van der Waals surface area contributed by atoms with Crippen molar-refractivity contribution in [2.75, 3.05) is 19.0 Å². The summed E-state index contributed by atoms with van der Waals surface area (Å²) in [6, 6.07) is 13.9. The number of hydrogen-bond acceptors (Lipinski definition) is 4. The van der Waals surface area contributed by atoms with Crippen molar-refractivity contribution in [3.8, 4) is 5.75 Å². The minimum Gasteiger partial charge on any atom is -0.497 e. The van der Waals surface area contributed by atoms with Gasteiger partial charge in [0.05, 0.1) is 7.11 Å². The van der Waals surface area contributed by atoms with Gasteiger partial charge in [-0.05, 0) is 55.3 Å². The van der Waals surface area contributed by atoms with Gasteiger partial charge in [0.2, 0.25) is 0 Å². The number of ketones is 1. The van der Waals surface area contributed by atoms with E-state index in [1.54, 1.807) is 31.4 Å². The van der Waals surface area contributed by atoms with E-state index in [2.05, 4.69) is 10.6 Å². The smallest absolute Gasteiger partial charge is 0.313 e. The van der Waals surface area contributed by atoms with Crippen LogP contribution in [0.15, 0.2) is 48.5 Å². The van der Waals surface area contributed by atoms with Gasteiger partial charge in [0.25, 0.3) is 0 Å². The van der Waals surface area contributed by atoms with Crippen LogP contribution in [-0.4, -0.2) is 31.3 Å². The number of ether oxygens (including phenoxy) is 1. The molecule has 2 N–H and O–H groups in total. The highest BCUT2D eigenvalue weighted by Gasteiger charge is 2.13. The molecular formula is C19H20N2O4. The first-order valence-corrected chi connectivity index (χ1v) is 7.82. The molecule has 0 atom stereocenters. The first-order chi connectivity index (χ1) is 12.0.